The van der Waals surface area contributed by atoms with Crippen LogP contribution in [0.3, 0.4) is 0 Å². The molecular weight excluding hydrogens is 367 g/mol. The molecular formula is C22H25FN6. The maximum atomic E-state index is 13.1. The predicted octanol–water partition coefficient (Wildman–Crippen LogP) is 3.05. The summed E-state index contributed by atoms with van der Waals surface area (Å²) in [6, 6.07) is 10.8. The molecule has 0 spiro atoms. The lowest BCUT2D eigenvalue weighted by molar-refractivity contribution is 0.459. The SMILES string of the molecule is CN=C(NCc1cccnc1-n1ccnc1)N1CCC(Cc2ccc(F)cc2)C1. The van der Waals surface area contributed by atoms with Crippen molar-refractivity contribution in [2.75, 3.05) is 20.1 Å². The third-order valence-corrected chi connectivity index (χ3v) is 5.29. The molecule has 1 aromatic carbocycles. The largest absolute Gasteiger partial charge is 0.352 e. The third-order valence-electron chi connectivity index (χ3n) is 5.29. The van der Waals surface area contributed by atoms with Gasteiger partial charge in [-0.15, -0.1) is 0 Å². The van der Waals surface area contributed by atoms with E-state index in [1.54, 1.807) is 18.7 Å². The smallest absolute Gasteiger partial charge is 0.193 e. The number of halogens is 1. The van der Waals surface area contributed by atoms with Crippen LogP contribution in [-0.4, -0.2) is 45.5 Å². The maximum Gasteiger partial charge on any atom is 0.193 e. The van der Waals surface area contributed by atoms with Gasteiger partial charge in [0.05, 0.1) is 0 Å². The van der Waals surface area contributed by atoms with Gasteiger partial charge in [-0.05, 0) is 42.5 Å². The number of aliphatic imine (C=N–C) groups is 1. The van der Waals surface area contributed by atoms with Crippen molar-refractivity contribution in [2.24, 2.45) is 10.9 Å². The van der Waals surface area contributed by atoms with E-state index in [1.807, 2.05) is 36.0 Å². The van der Waals surface area contributed by atoms with Crippen LogP contribution in [-0.2, 0) is 13.0 Å². The van der Waals surface area contributed by atoms with Crippen molar-refractivity contribution in [1.82, 2.24) is 24.8 Å². The highest BCUT2D eigenvalue weighted by atomic mass is 19.1. The Morgan fingerprint density at radius 3 is 2.86 bits per heavy atom. The Kier molecular flexibility index (Phi) is 5.84. The van der Waals surface area contributed by atoms with Crippen LogP contribution in [0, 0.1) is 11.7 Å². The molecule has 7 heteroatoms. The molecule has 1 fully saturated rings. The predicted molar refractivity (Wildman–Crippen MR) is 111 cm³/mol. The Hall–Kier alpha value is -3.22. The summed E-state index contributed by atoms with van der Waals surface area (Å²) in [5.41, 5.74) is 2.26. The van der Waals surface area contributed by atoms with Gasteiger partial charge in [-0.25, -0.2) is 14.4 Å². The molecule has 1 unspecified atom stereocenters. The van der Waals surface area contributed by atoms with E-state index in [0.717, 1.165) is 43.3 Å². The number of hydrogen-bond donors (Lipinski definition) is 1. The summed E-state index contributed by atoms with van der Waals surface area (Å²) in [5, 5.41) is 3.47. The fourth-order valence-corrected chi connectivity index (χ4v) is 3.84. The topological polar surface area (TPSA) is 58.3 Å². The van der Waals surface area contributed by atoms with Crippen LogP contribution < -0.4 is 5.32 Å². The first-order chi connectivity index (χ1) is 14.2. The maximum absolute atomic E-state index is 13.1. The van der Waals surface area contributed by atoms with E-state index in [1.165, 1.54) is 17.7 Å². The van der Waals surface area contributed by atoms with Crippen LogP contribution in [0.4, 0.5) is 4.39 Å². The van der Waals surface area contributed by atoms with Crippen molar-refractivity contribution in [1.29, 1.82) is 0 Å². The molecule has 2 aromatic heterocycles. The number of nitrogens with zero attached hydrogens (tertiary/aromatic N) is 5. The molecule has 3 aromatic rings. The zero-order chi connectivity index (χ0) is 20.1. The fraction of sp³-hybridized carbons (Fsp3) is 0.318. The van der Waals surface area contributed by atoms with Gasteiger partial charge in [-0.3, -0.25) is 9.56 Å². The van der Waals surface area contributed by atoms with Crippen molar-refractivity contribution < 1.29 is 4.39 Å². The quantitative estimate of drug-likeness (QED) is 0.536. The molecule has 6 nitrogen and oxygen atoms in total. The van der Waals surface area contributed by atoms with E-state index in [4.69, 9.17) is 0 Å². The van der Waals surface area contributed by atoms with Gasteiger partial charge < -0.3 is 10.2 Å². The summed E-state index contributed by atoms with van der Waals surface area (Å²) in [6.07, 6.45) is 9.24. The van der Waals surface area contributed by atoms with E-state index in [9.17, 15) is 4.39 Å². The summed E-state index contributed by atoms with van der Waals surface area (Å²) in [7, 11) is 1.82. The van der Waals surface area contributed by atoms with E-state index in [2.05, 4.69) is 31.2 Å². The standard InChI is InChI=1S/C22H25FN6/c1-24-22(27-14-19-3-2-9-26-21(19)29-12-10-25-16-29)28-11-8-18(15-28)13-17-4-6-20(23)7-5-17/h2-7,9-10,12,16,18H,8,11,13-15H2,1H3,(H,24,27). The molecule has 1 saturated heterocycles. The molecule has 0 aliphatic carbocycles. The van der Waals surface area contributed by atoms with Crippen molar-refractivity contribution in [3.63, 3.8) is 0 Å². The van der Waals surface area contributed by atoms with Gasteiger partial charge in [0, 0.05) is 50.8 Å². The Morgan fingerprint density at radius 2 is 2.10 bits per heavy atom. The van der Waals surface area contributed by atoms with Crippen LogP contribution in [0.2, 0.25) is 0 Å². The highest BCUT2D eigenvalue weighted by Gasteiger charge is 2.25. The second-order valence-corrected chi connectivity index (χ2v) is 7.29. The fourth-order valence-electron chi connectivity index (χ4n) is 3.84. The van der Waals surface area contributed by atoms with Gasteiger partial charge >= 0.3 is 0 Å². The number of imidazole rings is 1. The van der Waals surface area contributed by atoms with Crippen LogP contribution >= 0.6 is 0 Å². The van der Waals surface area contributed by atoms with Gasteiger partial charge in [0.25, 0.3) is 0 Å². The molecule has 3 heterocycles. The molecule has 150 valence electrons. The lowest BCUT2D eigenvalue weighted by Crippen LogP contribution is -2.39. The number of rotatable bonds is 5. The van der Waals surface area contributed by atoms with Crippen LogP contribution in [0.25, 0.3) is 5.82 Å². The Balaban J connectivity index is 1.36. The molecule has 0 amide bonds. The van der Waals surface area contributed by atoms with E-state index >= 15 is 0 Å². The van der Waals surface area contributed by atoms with Gasteiger partial charge in [-0.1, -0.05) is 18.2 Å². The van der Waals surface area contributed by atoms with Gasteiger partial charge in [-0.2, -0.15) is 0 Å². The third kappa shape index (κ3) is 4.62. The molecule has 1 aliphatic heterocycles. The molecule has 1 aliphatic rings. The lowest BCUT2D eigenvalue weighted by Gasteiger charge is -2.22. The zero-order valence-electron chi connectivity index (χ0n) is 16.5. The summed E-state index contributed by atoms with van der Waals surface area (Å²) in [4.78, 5) is 15.4. The number of pyridine rings is 1. The molecule has 4 rings (SSSR count). The average molecular weight is 392 g/mol. The normalized spacial score (nSPS) is 17.0. The highest BCUT2D eigenvalue weighted by molar-refractivity contribution is 5.80. The van der Waals surface area contributed by atoms with Crippen molar-refractivity contribution in [3.05, 3.63) is 78.3 Å². The minimum atomic E-state index is -0.183. The summed E-state index contributed by atoms with van der Waals surface area (Å²) in [5.74, 6) is 2.12. The molecule has 0 radical (unpaired) electrons. The molecule has 0 saturated carbocycles. The van der Waals surface area contributed by atoms with Gasteiger partial charge in [0.1, 0.15) is 18.0 Å². The number of aromatic nitrogens is 3. The van der Waals surface area contributed by atoms with Crippen molar-refractivity contribution >= 4 is 5.96 Å². The number of nitrogens with one attached hydrogen (secondary N) is 1. The first kappa shape index (κ1) is 19.1. The first-order valence-corrected chi connectivity index (χ1v) is 9.85. The van der Waals surface area contributed by atoms with Crippen LogP contribution in [0.1, 0.15) is 17.5 Å². The van der Waals surface area contributed by atoms with E-state index in [-0.39, 0.29) is 5.82 Å². The monoisotopic (exact) mass is 392 g/mol. The Morgan fingerprint density at radius 1 is 1.24 bits per heavy atom. The number of benzene rings is 1. The van der Waals surface area contributed by atoms with Gasteiger partial charge in [0.15, 0.2) is 5.96 Å². The first-order valence-electron chi connectivity index (χ1n) is 9.85. The van der Waals surface area contributed by atoms with Crippen molar-refractivity contribution in [2.45, 2.75) is 19.4 Å². The summed E-state index contributed by atoms with van der Waals surface area (Å²) in [6.45, 7) is 2.54. The minimum absolute atomic E-state index is 0.183. The molecule has 1 atom stereocenters. The van der Waals surface area contributed by atoms with Crippen LogP contribution in [0.5, 0.6) is 0 Å². The highest BCUT2D eigenvalue weighted by Crippen LogP contribution is 2.21. The van der Waals surface area contributed by atoms with E-state index in [0.29, 0.717) is 12.5 Å². The minimum Gasteiger partial charge on any atom is -0.352 e. The molecule has 29 heavy (non-hydrogen) atoms. The van der Waals surface area contributed by atoms with E-state index < -0.39 is 0 Å². The number of hydrogen-bond acceptors (Lipinski definition) is 3. The van der Waals surface area contributed by atoms with Gasteiger partial charge in [0.2, 0.25) is 0 Å². The second kappa shape index (κ2) is 8.86. The lowest BCUT2D eigenvalue weighted by atomic mass is 9.99. The Labute approximate surface area is 170 Å². The Bertz CT molecular complexity index is 952. The van der Waals surface area contributed by atoms with Crippen molar-refractivity contribution in [3.8, 4) is 5.82 Å². The second-order valence-electron chi connectivity index (χ2n) is 7.29. The van der Waals surface area contributed by atoms with Crippen LogP contribution in [0.15, 0.2) is 66.3 Å². The molecule has 0 bridgehead atoms. The molecule has 1 N–H and O–H groups in total. The average Bonchev–Trinajstić information content (AvgIpc) is 3.43. The zero-order valence-corrected chi connectivity index (χ0v) is 16.5. The summed E-state index contributed by atoms with van der Waals surface area (Å²) < 4.78 is 15.0. The summed E-state index contributed by atoms with van der Waals surface area (Å²) >= 11 is 0. The number of guanidine groups is 1. The number of likely N-dealkylation sites (tertiary alicyclic amines) is 1.